The maximum atomic E-state index is 14.3. The van der Waals surface area contributed by atoms with Crippen molar-refractivity contribution in [2.75, 3.05) is 5.73 Å². The summed E-state index contributed by atoms with van der Waals surface area (Å²) in [6.45, 7) is 0. The van der Waals surface area contributed by atoms with E-state index in [0.29, 0.717) is 0 Å². The highest BCUT2D eigenvalue weighted by molar-refractivity contribution is 5.54. The summed E-state index contributed by atoms with van der Waals surface area (Å²) < 4.78 is 91.0. The van der Waals surface area contributed by atoms with E-state index in [0.717, 1.165) is 42.5 Å². The van der Waals surface area contributed by atoms with Crippen molar-refractivity contribution in [3.63, 3.8) is 0 Å². The topological polar surface area (TPSA) is 35.2 Å². The number of benzene rings is 3. The number of ether oxygens (including phenoxy) is 1. The van der Waals surface area contributed by atoms with Gasteiger partial charge in [-0.2, -0.15) is 26.3 Å². The maximum absolute atomic E-state index is 14.3. The van der Waals surface area contributed by atoms with Crippen LogP contribution in [-0.4, -0.2) is 12.4 Å². The molecule has 3 rings (SSSR count). The normalized spacial score (nSPS) is 12.6. The second-order valence-electron chi connectivity index (χ2n) is 6.28. The van der Waals surface area contributed by atoms with Crippen LogP contribution in [0.1, 0.15) is 11.1 Å². The van der Waals surface area contributed by atoms with Gasteiger partial charge in [-0.05, 0) is 35.9 Å². The first-order valence-corrected chi connectivity index (χ1v) is 8.39. The van der Waals surface area contributed by atoms with Crippen LogP contribution in [0.2, 0.25) is 0 Å². The molecule has 2 N–H and O–H groups in total. The highest BCUT2D eigenvalue weighted by Gasteiger charge is 2.73. The standard InChI is InChI=1S/C21H15F6NO/c22-20(23,24)19(21(25,26)27,14-10-12-15(28)13-11-14)17-8-4-5-9-18(17)29-16-6-2-1-3-7-16/h1-13H,28H2. The van der Waals surface area contributed by atoms with Crippen LogP contribution in [0.4, 0.5) is 32.0 Å². The number of anilines is 1. The van der Waals surface area contributed by atoms with Crippen LogP contribution in [0.5, 0.6) is 11.5 Å². The van der Waals surface area contributed by atoms with Crippen LogP contribution in [-0.2, 0) is 5.41 Å². The lowest BCUT2D eigenvalue weighted by atomic mass is 9.72. The van der Waals surface area contributed by atoms with Crippen molar-refractivity contribution in [2.24, 2.45) is 0 Å². The Balaban J connectivity index is 2.32. The van der Waals surface area contributed by atoms with Crippen LogP contribution < -0.4 is 10.5 Å². The molecular formula is C21H15F6NO. The van der Waals surface area contributed by atoms with E-state index in [1.165, 1.54) is 18.2 Å². The number of hydrogen-bond acceptors (Lipinski definition) is 2. The van der Waals surface area contributed by atoms with Crippen molar-refractivity contribution in [2.45, 2.75) is 17.8 Å². The van der Waals surface area contributed by atoms with Gasteiger partial charge in [-0.15, -0.1) is 0 Å². The van der Waals surface area contributed by atoms with Gasteiger partial charge in [-0.25, -0.2) is 0 Å². The van der Waals surface area contributed by atoms with Crippen molar-refractivity contribution in [3.05, 3.63) is 90.0 Å². The monoisotopic (exact) mass is 411 g/mol. The molecular weight excluding hydrogens is 396 g/mol. The van der Waals surface area contributed by atoms with Crippen LogP contribution >= 0.6 is 0 Å². The molecule has 0 bridgehead atoms. The Morgan fingerprint density at radius 3 is 1.69 bits per heavy atom. The third kappa shape index (κ3) is 3.62. The number of nitrogen functional groups attached to an aromatic ring is 1. The van der Waals surface area contributed by atoms with Gasteiger partial charge in [0.2, 0.25) is 5.41 Å². The van der Waals surface area contributed by atoms with E-state index in [1.807, 2.05) is 0 Å². The quantitative estimate of drug-likeness (QED) is 0.394. The molecule has 0 aliphatic carbocycles. The van der Waals surface area contributed by atoms with E-state index in [2.05, 4.69) is 0 Å². The van der Waals surface area contributed by atoms with E-state index in [-0.39, 0.29) is 11.4 Å². The largest absolute Gasteiger partial charge is 0.457 e. The molecule has 0 heterocycles. The lowest BCUT2D eigenvalue weighted by molar-refractivity contribution is -0.288. The summed E-state index contributed by atoms with van der Waals surface area (Å²) in [6.07, 6.45) is -11.4. The highest BCUT2D eigenvalue weighted by Crippen LogP contribution is 2.58. The summed E-state index contributed by atoms with van der Waals surface area (Å²) in [5.74, 6) is -0.444. The molecule has 0 unspecified atom stereocenters. The Hall–Kier alpha value is -3.16. The molecule has 3 aromatic rings. The fourth-order valence-electron chi connectivity index (χ4n) is 3.16. The van der Waals surface area contributed by atoms with E-state index < -0.39 is 34.6 Å². The first-order valence-electron chi connectivity index (χ1n) is 8.39. The molecule has 0 radical (unpaired) electrons. The Morgan fingerprint density at radius 1 is 0.621 bits per heavy atom. The fraction of sp³-hybridized carbons (Fsp3) is 0.143. The summed E-state index contributed by atoms with van der Waals surface area (Å²) in [5.41, 5.74) is -0.858. The molecule has 2 nitrogen and oxygen atoms in total. The zero-order valence-corrected chi connectivity index (χ0v) is 14.8. The minimum Gasteiger partial charge on any atom is -0.457 e. The predicted molar refractivity (Wildman–Crippen MR) is 96.7 cm³/mol. The molecule has 0 atom stereocenters. The van der Waals surface area contributed by atoms with Gasteiger partial charge in [-0.1, -0.05) is 48.5 Å². The molecule has 3 aromatic carbocycles. The van der Waals surface area contributed by atoms with Crippen molar-refractivity contribution in [1.29, 1.82) is 0 Å². The Morgan fingerprint density at radius 2 is 1.14 bits per heavy atom. The molecule has 0 aliphatic heterocycles. The molecule has 0 saturated heterocycles. The third-order valence-electron chi connectivity index (χ3n) is 4.46. The zero-order chi connectivity index (χ0) is 21.3. The number of para-hydroxylation sites is 2. The molecule has 0 aliphatic rings. The minimum absolute atomic E-state index is 0.0424. The van der Waals surface area contributed by atoms with Crippen LogP contribution in [0.3, 0.4) is 0 Å². The number of rotatable bonds is 4. The summed E-state index contributed by atoms with van der Waals surface area (Å²) in [6, 6.07) is 15.3. The second kappa shape index (κ2) is 7.35. The van der Waals surface area contributed by atoms with Gasteiger partial charge in [0.15, 0.2) is 0 Å². The van der Waals surface area contributed by atoms with Gasteiger partial charge in [-0.3, -0.25) is 0 Å². The smallest absolute Gasteiger partial charge is 0.411 e. The average molecular weight is 411 g/mol. The summed E-state index contributed by atoms with van der Waals surface area (Å²) >= 11 is 0. The van der Waals surface area contributed by atoms with Crippen LogP contribution in [0, 0.1) is 0 Å². The molecule has 29 heavy (non-hydrogen) atoms. The molecule has 0 saturated carbocycles. The molecule has 0 spiro atoms. The lowest BCUT2D eigenvalue weighted by Gasteiger charge is -2.39. The molecule has 0 fully saturated rings. The second-order valence-corrected chi connectivity index (χ2v) is 6.28. The van der Waals surface area contributed by atoms with Gasteiger partial charge in [0.25, 0.3) is 0 Å². The zero-order valence-electron chi connectivity index (χ0n) is 14.8. The highest BCUT2D eigenvalue weighted by atomic mass is 19.4. The summed E-state index contributed by atoms with van der Waals surface area (Å²) in [5, 5.41) is 0. The van der Waals surface area contributed by atoms with E-state index in [4.69, 9.17) is 10.5 Å². The Kier molecular flexibility index (Phi) is 5.21. The molecule has 8 heteroatoms. The third-order valence-corrected chi connectivity index (χ3v) is 4.46. The number of hydrogen-bond donors (Lipinski definition) is 1. The number of alkyl halides is 6. The van der Waals surface area contributed by atoms with E-state index >= 15 is 0 Å². The van der Waals surface area contributed by atoms with Gasteiger partial charge < -0.3 is 10.5 Å². The average Bonchev–Trinajstić information content (AvgIpc) is 2.64. The summed E-state index contributed by atoms with van der Waals surface area (Å²) in [7, 11) is 0. The molecule has 152 valence electrons. The fourth-order valence-corrected chi connectivity index (χ4v) is 3.16. The van der Waals surface area contributed by atoms with Crippen molar-refractivity contribution in [1.82, 2.24) is 0 Å². The van der Waals surface area contributed by atoms with Gasteiger partial charge >= 0.3 is 12.4 Å². The van der Waals surface area contributed by atoms with Crippen LogP contribution in [0.15, 0.2) is 78.9 Å². The lowest BCUT2D eigenvalue weighted by Crippen LogP contribution is -2.54. The summed E-state index contributed by atoms with van der Waals surface area (Å²) in [4.78, 5) is 0. The minimum atomic E-state index is -5.71. The van der Waals surface area contributed by atoms with Crippen LogP contribution in [0.25, 0.3) is 0 Å². The van der Waals surface area contributed by atoms with Gasteiger partial charge in [0, 0.05) is 11.3 Å². The van der Waals surface area contributed by atoms with E-state index in [1.54, 1.807) is 18.2 Å². The SMILES string of the molecule is Nc1ccc(C(c2ccccc2Oc2ccccc2)(C(F)(F)F)C(F)(F)F)cc1. The van der Waals surface area contributed by atoms with Crippen molar-refractivity contribution >= 4 is 5.69 Å². The molecule has 0 aromatic heterocycles. The Bertz CT molecular complexity index is 951. The Labute approximate surface area is 162 Å². The maximum Gasteiger partial charge on any atom is 0.411 e. The first-order chi connectivity index (χ1) is 13.6. The predicted octanol–water partition coefficient (Wildman–Crippen LogP) is 6.47. The van der Waals surface area contributed by atoms with Crippen molar-refractivity contribution in [3.8, 4) is 11.5 Å². The first kappa shape index (κ1) is 20.6. The van der Waals surface area contributed by atoms with Gasteiger partial charge in [0.1, 0.15) is 11.5 Å². The van der Waals surface area contributed by atoms with E-state index in [9.17, 15) is 26.3 Å². The number of nitrogens with two attached hydrogens (primary N) is 1. The van der Waals surface area contributed by atoms with Crippen molar-refractivity contribution < 1.29 is 31.1 Å². The number of halogens is 6. The molecule has 0 amide bonds. The van der Waals surface area contributed by atoms with Gasteiger partial charge in [0.05, 0.1) is 0 Å².